The first-order valence-corrected chi connectivity index (χ1v) is 6.96. The number of carbonyl (C=O) groups is 2. The standard InChI is InChI=1S/C17H18O5/c1-21-12-8-6-11(16(10-12)22-2)7-9-15(20)17-13(18)4-3-5-14(17)19/h6-10,20H,3-5H2,1-2H3/b9-7+. The molecule has 0 amide bonds. The normalized spacial score (nSPS) is 15.3. The van der Waals surface area contributed by atoms with Crippen molar-refractivity contribution in [1.82, 2.24) is 0 Å². The highest BCUT2D eigenvalue weighted by atomic mass is 16.5. The molecule has 0 bridgehead atoms. The lowest BCUT2D eigenvalue weighted by atomic mass is 9.91. The molecule has 0 atom stereocenters. The van der Waals surface area contributed by atoms with Gasteiger partial charge in [-0.1, -0.05) is 0 Å². The van der Waals surface area contributed by atoms with E-state index in [0.717, 1.165) is 0 Å². The van der Waals surface area contributed by atoms with Crippen LogP contribution >= 0.6 is 0 Å². The number of aliphatic hydroxyl groups excluding tert-OH is 1. The largest absolute Gasteiger partial charge is 0.507 e. The van der Waals surface area contributed by atoms with E-state index in [9.17, 15) is 14.7 Å². The second-order valence-corrected chi connectivity index (χ2v) is 4.90. The number of ketones is 2. The van der Waals surface area contributed by atoms with Gasteiger partial charge in [-0.2, -0.15) is 0 Å². The van der Waals surface area contributed by atoms with Crippen LogP contribution in [0.1, 0.15) is 24.8 Å². The van der Waals surface area contributed by atoms with Crippen LogP contribution in [-0.2, 0) is 9.59 Å². The highest BCUT2D eigenvalue weighted by Gasteiger charge is 2.26. The molecule has 0 radical (unpaired) electrons. The van der Waals surface area contributed by atoms with Crippen LogP contribution in [0.4, 0.5) is 0 Å². The minimum Gasteiger partial charge on any atom is -0.507 e. The first-order chi connectivity index (χ1) is 10.6. The van der Waals surface area contributed by atoms with Gasteiger partial charge in [-0.05, 0) is 30.7 Å². The highest BCUT2D eigenvalue weighted by molar-refractivity contribution is 6.22. The van der Waals surface area contributed by atoms with Gasteiger partial charge in [0.2, 0.25) is 0 Å². The Morgan fingerprint density at radius 3 is 2.41 bits per heavy atom. The van der Waals surface area contributed by atoms with Crippen molar-refractivity contribution >= 4 is 17.6 Å². The van der Waals surface area contributed by atoms with E-state index in [4.69, 9.17) is 9.47 Å². The van der Waals surface area contributed by atoms with Gasteiger partial charge in [0.15, 0.2) is 11.6 Å². The van der Waals surface area contributed by atoms with E-state index in [-0.39, 0.29) is 22.9 Å². The van der Waals surface area contributed by atoms with Crippen LogP contribution in [0.3, 0.4) is 0 Å². The maximum absolute atomic E-state index is 11.8. The Bertz CT molecular complexity index is 637. The zero-order valence-corrected chi connectivity index (χ0v) is 12.6. The number of benzene rings is 1. The van der Waals surface area contributed by atoms with Gasteiger partial charge in [0, 0.05) is 24.5 Å². The van der Waals surface area contributed by atoms with Crippen molar-refractivity contribution < 1.29 is 24.2 Å². The van der Waals surface area contributed by atoms with Crippen LogP contribution in [0.5, 0.6) is 11.5 Å². The summed E-state index contributed by atoms with van der Waals surface area (Å²) in [6.45, 7) is 0. The van der Waals surface area contributed by atoms with E-state index in [2.05, 4.69) is 0 Å². The molecule has 1 saturated carbocycles. The lowest BCUT2D eigenvalue weighted by molar-refractivity contribution is -0.124. The summed E-state index contributed by atoms with van der Waals surface area (Å²) in [5.41, 5.74) is 0.598. The third kappa shape index (κ3) is 3.36. The van der Waals surface area contributed by atoms with Crippen LogP contribution in [0.2, 0.25) is 0 Å². The van der Waals surface area contributed by atoms with Gasteiger partial charge in [-0.15, -0.1) is 0 Å². The average molecular weight is 302 g/mol. The molecule has 2 rings (SSSR count). The molecule has 5 heteroatoms. The van der Waals surface area contributed by atoms with Gasteiger partial charge in [-0.3, -0.25) is 9.59 Å². The molecule has 5 nitrogen and oxygen atoms in total. The second-order valence-electron chi connectivity index (χ2n) is 4.90. The fourth-order valence-electron chi connectivity index (χ4n) is 2.31. The van der Waals surface area contributed by atoms with Crippen molar-refractivity contribution in [3.8, 4) is 11.5 Å². The Hall–Kier alpha value is -2.56. The van der Waals surface area contributed by atoms with E-state index >= 15 is 0 Å². The highest BCUT2D eigenvalue weighted by Crippen LogP contribution is 2.26. The Morgan fingerprint density at radius 2 is 1.82 bits per heavy atom. The van der Waals surface area contributed by atoms with Crippen LogP contribution in [0.25, 0.3) is 6.08 Å². The van der Waals surface area contributed by atoms with E-state index in [1.54, 1.807) is 31.4 Å². The number of rotatable bonds is 4. The summed E-state index contributed by atoms with van der Waals surface area (Å²) in [6.07, 6.45) is 4.08. The summed E-state index contributed by atoms with van der Waals surface area (Å²) < 4.78 is 10.4. The molecule has 0 aromatic heterocycles. The van der Waals surface area contributed by atoms with Gasteiger partial charge in [0.25, 0.3) is 0 Å². The number of hydrogen-bond acceptors (Lipinski definition) is 5. The Labute approximate surface area is 128 Å². The van der Waals surface area contributed by atoms with E-state index in [1.165, 1.54) is 13.2 Å². The van der Waals surface area contributed by atoms with Gasteiger partial charge in [0.05, 0.1) is 14.2 Å². The van der Waals surface area contributed by atoms with Crippen molar-refractivity contribution in [2.45, 2.75) is 19.3 Å². The smallest absolute Gasteiger partial charge is 0.170 e. The van der Waals surface area contributed by atoms with Crippen LogP contribution in [0, 0.1) is 0 Å². The zero-order chi connectivity index (χ0) is 16.1. The first kappa shape index (κ1) is 15.8. The third-order valence-corrected chi connectivity index (χ3v) is 3.48. The molecule has 0 saturated heterocycles. The predicted molar refractivity (Wildman–Crippen MR) is 82.1 cm³/mol. The summed E-state index contributed by atoms with van der Waals surface area (Å²) in [7, 11) is 3.08. The van der Waals surface area contributed by atoms with E-state index in [1.807, 2.05) is 0 Å². The number of allylic oxidation sites excluding steroid dienone is 2. The third-order valence-electron chi connectivity index (χ3n) is 3.48. The van der Waals surface area contributed by atoms with Crippen molar-refractivity contribution in [1.29, 1.82) is 0 Å². The van der Waals surface area contributed by atoms with Crippen LogP contribution in [0.15, 0.2) is 35.6 Å². The molecule has 1 aromatic carbocycles. The molecule has 0 heterocycles. The van der Waals surface area contributed by atoms with E-state index < -0.39 is 0 Å². The molecule has 22 heavy (non-hydrogen) atoms. The summed E-state index contributed by atoms with van der Waals surface area (Å²) >= 11 is 0. The fraction of sp³-hybridized carbons (Fsp3) is 0.294. The first-order valence-electron chi connectivity index (χ1n) is 6.96. The van der Waals surface area contributed by atoms with Crippen LogP contribution in [-0.4, -0.2) is 30.9 Å². The van der Waals surface area contributed by atoms with Crippen molar-refractivity contribution in [2.24, 2.45) is 0 Å². The number of methoxy groups -OCH3 is 2. The van der Waals surface area contributed by atoms with Gasteiger partial charge < -0.3 is 14.6 Å². The van der Waals surface area contributed by atoms with Crippen LogP contribution < -0.4 is 9.47 Å². The summed E-state index contributed by atoms with van der Waals surface area (Å²) in [5, 5.41) is 10.0. The molecule has 0 unspecified atom stereocenters. The number of hydrogen-bond donors (Lipinski definition) is 1. The van der Waals surface area contributed by atoms with Crippen molar-refractivity contribution in [2.75, 3.05) is 14.2 Å². The molecule has 0 aliphatic heterocycles. The molecule has 1 aromatic rings. The monoisotopic (exact) mass is 302 g/mol. The van der Waals surface area contributed by atoms with Crippen molar-refractivity contribution in [3.63, 3.8) is 0 Å². The SMILES string of the molecule is COc1ccc(/C=C/C(O)=C2C(=O)CCCC2=O)c(OC)c1. The molecule has 1 N–H and O–H groups in total. The maximum atomic E-state index is 11.8. The fourth-order valence-corrected chi connectivity index (χ4v) is 2.31. The average Bonchev–Trinajstić information content (AvgIpc) is 2.52. The molecule has 0 spiro atoms. The molecular weight excluding hydrogens is 284 g/mol. The summed E-state index contributed by atoms with van der Waals surface area (Å²) in [4.78, 5) is 23.5. The Morgan fingerprint density at radius 1 is 1.14 bits per heavy atom. The molecule has 116 valence electrons. The minimum atomic E-state index is -0.305. The van der Waals surface area contributed by atoms with Gasteiger partial charge in [-0.25, -0.2) is 0 Å². The predicted octanol–water partition coefficient (Wildman–Crippen LogP) is 2.85. The summed E-state index contributed by atoms with van der Waals surface area (Å²) in [5.74, 6) is 0.302. The van der Waals surface area contributed by atoms with E-state index in [0.29, 0.717) is 36.3 Å². The van der Waals surface area contributed by atoms with Crippen molar-refractivity contribution in [3.05, 3.63) is 41.2 Å². The Kier molecular flexibility index (Phi) is 4.99. The number of ether oxygens (including phenoxy) is 2. The number of carbonyl (C=O) groups excluding carboxylic acids is 2. The second kappa shape index (κ2) is 6.93. The molecule has 1 aliphatic carbocycles. The topological polar surface area (TPSA) is 72.8 Å². The van der Waals surface area contributed by atoms with Gasteiger partial charge >= 0.3 is 0 Å². The molecule has 1 aliphatic rings. The number of Topliss-reactive ketones (excluding diaryl/α,β-unsaturated/α-hetero) is 2. The lowest BCUT2D eigenvalue weighted by Gasteiger charge is -2.12. The molecular formula is C17H18O5. The maximum Gasteiger partial charge on any atom is 0.170 e. The lowest BCUT2D eigenvalue weighted by Crippen LogP contribution is -2.20. The summed E-state index contributed by atoms with van der Waals surface area (Å²) in [6, 6.07) is 5.22. The Balaban J connectivity index is 2.31. The van der Waals surface area contributed by atoms with Gasteiger partial charge in [0.1, 0.15) is 22.8 Å². The zero-order valence-electron chi connectivity index (χ0n) is 12.6. The molecule has 1 fully saturated rings. The number of aliphatic hydroxyl groups is 1. The quantitative estimate of drug-likeness (QED) is 0.526. The minimum absolute atomic E-state index is 0.102.